The maximum Gasteiger partial charge on any atom is 0.289 e. The average molecular weight is 432 g/mol. The summed E-state index contributed by atoms with van der Waals surface area (Å²) in [7, 11) is -1.90. The summed E-state index contributed by atoms with van der Waals surface area (Å²) in [6, 6.07) is 9.51. The molecule has 4 rings (SSSR count). The number of amides is 1. The lowest BCUT2D eigenvalue weighted by Gasteiger charge is -2.24. The van der Waals surface area contributed by atoms with Crippen LogP contribution >= 0.6 is 0 Å². The van der Waals surface area contributed by atoms with Crippen LogP contribution in [0.4, 0.5) is 5.69 Å². The standard InChI is InChI=1S/C22H29N3O4S/c1-17-21(30(27,28)25-13-7-8-14-25)15-20(29-17)22(26)23(2)16-18-9-3-4-10-19(18)24-11-5-6-12-24/h3-4,9-10,15H,5-8,11-14,16H2,1-2H3. The number of carbonyl (C=O) groups excluding carboxylic acids is 1. The molecule has 0 N–H and O–H groups in total. The first kappa shape index (κ1) is 20.9. The SMILES string of the molecule is Cc1oc(C(=O)N(C)Cc2ccccc2N2CCCC2)cc1S(=O)(=O)N1CCCC1. The average Bonchev–Trinajstić information content (AvgIpc) is 3.49. The molecule has 30 heavy (non-hydrogen) atoms. The smallest absolute Gasteiger partial charge is 0.289 e. The number of benzene rings is 1. The highest BCUT2D eigenvalue weighted by atomic mass is 32.2. The lowest BCUT2D eigenvalue weighted by atomic mass is 10.1. The normalized spacial score (nSPS) is 17.6. The predicted octanol–water partition coefficient (Wildman–Crippen LogP) is 3.24. The second-order valence-corrected chi connectivity index (χ2v) is 10.0. The van der Waals surface area contributed by atoms with Crippen molar-refractivity contribution in [3.8, 4) is 0 Å². The van der Waals surface area contributed by atoms with Gasteiger partial charge in [-0.05, 0) is 44.2 Å². The van der Waals surface area contributed by atoms with Crippen LogP contribution in [0.3, 0.4) is 0 Å². The van der Waals surface area contributed by atoms with Gasteiger partial charge in [0, 0.05) is 51.5 Å². The summed E-state index contributed by atoms with van der Waals surface area (Å²) in [5, 5.41) is 0. The van der Waals surface area contributed by atoms with Crippen LogP contribution in [-0.2, 0) is 16.6 Å². The third-order valence-electron chi connectivity index (χ3n) is 5.96. The predicted molar refractivity (Wildman–Crippen MR) is 115 cm³/mol. The van der Waals surface area contributed by atoms with Gasteiger partial charge in [0.25, 0.3) is 5.91 Å². The fourth-order valence-corrected chi connectivity index (χ4v) is 6.00. The Morgan fingerprint density at radius 1 is 1.07 bits per heavy atom. The maximum atomic E-state index is 13.0. The van der Waals surface area contributed by atoms with Crippen LogP contribution in [0.5, 0.6) is 0 Å². The molecule has 3 heterocycles. The Kier molecular flexibility index (Phi) is 5.88. The van der Waals surface area contributed by atoms with E-state index in [1.807, 2.05) is 18.2 Å². The molecule has 1 amide bonds. The fourth-order valence-electron chi connectivity index (χ4n) is 4.32. The largest absolute Gasteiger partial charge is 0.455 e. The van der Waals surface area contributed by atoms with Crippen LogP contribution in [-0.4, -0.2) is 56.8 Å². The molecule has 8 heteroatoms. The molecule has 162 valence electrons. The van der Waals surface area contributed by atoms with E-state index in [-0.39, 0.29) is 22.3 Å². The third-order valence-corrected chi connectivity index (χ3v) is 7.96. The van der Waals surface area contributed by atoms with Gasteiger partial charge in [0.2, 0.25) is 10.0 Å². The lowest BCUT2D eigenvalue weighted by molar-refractivity contribution is 0.0752. The van der Waals surface area contributed by atoms with Crippen LogP contribution in [0.25, 0.3) is 0 Å². The molecule has 2 fully saturated rings. The Morgan fingerprint density at radius 3 is 2.40 bits per heavy atom. The van der Waals surface area contributed by atoms with Crippen molar-refractivity contribution in [2.75, 3.05) is 38.1 Å². The van der Waals surface area contributed by atoms with Crippen molar-refractivity contribution in [1.82, 2.24) is 9.21 Å². The number of para-hydroxylation sites is 1. The summed E-state index contributed by atoms with van der Waals surface area (Å²) in [5.74, 6) is -0.000241. The topological polar surface area (TPSA) is 74.1 Å². The van der Waals surface area contributed by atoms with Crippen molar-refractivity contribution < 1.29 is 17.6 Å². The molecule has 2 saturated heterocycles. The minimum atomic E-state index is -3.62. The summed E-state index contributed by atoms with van der Waals surface area (Å²) in [6.07, 6.45) is 4.09. The molecule has 1 aromatic heterocycles. The van der Waals surface area contributed by atoms with Crippen molar-refractivity contribution in [2.24, 2.45) is 0 Å². The second-order valence-electron chi connectivity index (χ2n) is 8.13. The number of furan rings is 1. The van der Waals surface area contributed by atoms with Crippen molar-refractivity contribution in [2.45, 2.75) is 44.0 Å². The van der Waals surface area contributed by atoms with Crippen molar-refractivity contribution >= 4 is 21.6 Å². The number of aryl methyl sites for hydroxylation is 1. The van der Waals surface area contributed by atoms with Crippen LogP contribution in [0, 0.1) is 6.92 Å². The molecule has 0 unspecified atom stereocenters. The van der Waals surface area contributed by atoms with Crippen LogP contribution in [0.2, 0.25) is 0 Å². The molecular formula is C22H29N3O4S. The number of rotatable bonds is 6. The van der Waals surface area contributed by atoms with Gasteiger partial charge >= 0.3 is 0 Å². The van der Waals surface area contributed by atoms with E-state index >= 15 is 0 Å². The lowest BCUT2D eigenvalue weighted by Crippen LogP contribution is -2.28. The van der Waals surface area contributed by atoms with Gasteiger partial charge in [-0.1, -0.05) is 18.2 Å². The van der Waals surface area contributed by atoms with Gasteiger partial charge in [-0.3, -0.25) is 4.79 Å². The van der Waals surface area contributed by atoms with Gasteiger partial charge in [-0.25, -0.2) is 8.42 Å². The summed E-state index contributed by atoms with van der Waals surface area (Å²) in [5.41, 5.74) is 2.23. The van der Waals surface area contributed by atoms with E-state index in [1.54, 1.807) is 18.9 Å². The summed E-state index contributed by atoms with van der Waals surface area (Å²) in [6.45, 7) is 5.13. The first-order chi connectivity index (χ1) is 14.4. The molecular weight excluding hydrogens is 402 g/mol. The van der Waals surface area contributed by atoms with Gasteiger partial charge < -0.3 is 14.2 Å². The van der Waals surface area contributed by atoms with E-state index in [0.717, 1.165) is 37.2 Å². The molecule has 0 atom stereocenters. The van der Waals surface area contributed by atoms with Gasteiger partial charge in [0.05, 0.1) is 0 Å². The van der Waals surface area contributed by atoms with Crippen LogP contribution in [0.15, 0.2) is 39.6 Å². The Hall–Kier alpha value is -2.32. The van der Waals surface area contributed by atoms with Gasteiger partial charge in [-0.15, -0.1) is 0 Å². The van der Waals surface area contributed by atoms with E-state index in [1.165, 1.54) is 23.2 Å². The molecule has 2 aromatic rings. The van der Waals surface area contributed by atoms with Crippen molar-refractivity contribution in [1.29, 1.82) is 0 Å². The highest BCUT2D eigenvalue weighted by Crippen LogP contribution is 2.28. The molecule has 0 saturated carbocycles. The highest BCUT2D eigenvalue weighted by molar-refractivity contribution is 7.89. The first-order valence-electron chi connectivity index (χ1n) is 10.6. The molecule has 0 aliphatic carbocycles. The third kappa shape index (κ3) is 3.98. The van der Waals surface area contributed by atoms with E-state index < -0.39 is 10.0 Å². The van der Waals surface area contributed by atoms with E-state index in [0.29, 0.717) is 19.6 Å². The molecule has 1 aromatic carbocycles. The number of sulfonamides is 1. The number of hydrogen-bond acceptors (Lipinski definition) is 5. The van der Waals surface area contributed by atoms with Crippen LogP contribution in [0.1, 0.15) is 47.6 Å². The fraction of sp³-hybridized carbons (Fsp3) is 0.500. The van der Waals surface area contributed by atoms with Crippen molar-refractivity contribution in [3.05, 3.63) is 47.4 Å². The molecule has 0 radical (unpaired) electrons. The molecule has 7 nitrogen and oxygen atoms in total. The maximum absolute atomic E-state index is 13.0. The number of carbonyl (C=O) groups is 1. The summed E-state index contributed by atoms with van der Waals surface area (Å²) >= 11 is 0. The Balaban J connectivity index is 1.53. The summed E-state index contributed by atoms with van der Waals surface area (Å²) < 4.78 is 32.8. The van der Waals surface area contributed by atoms with Crippen LogP contribution < -0.4 is 4.90 Å². The monoisotopic (exact) mass is 431 g/mol. The zero-order valence-corrected chi connectivity index (χ0v) is 18.5. The van der Waals surface area contributed by atoms with E-state index in [4.69, 9.17) is 4.42 Å². The number of hydrogen-bond donors (Lipinski definition) is 0. The molecule has 0 bridgehead atoms. The van der Waals surface area contributed by atoms with Crippen molar-refractivity contribution in [3.63, 3.8) is 0 Å². The molecule has 2 aliphatic heterocycles. The minimum Gasteiger partial charge on any atom is -0.455 e. The van der Waals surface area contributed by atoms with Gasteiger partial charge in [0.15, 0.2) is 5.76 Å². The quantitative estimate of drug-likeness (QED) is 0.702. The first-order valence-corrected chi connectivity index (χ1v) is 12.0. The Morgan fingerprint density at radius 2 is 1.70 bits per heavy atom. The van der Waals surface area contributed by atoms with E-state index in [9.17, 15) is 13.2 Å². The molecule has 0 spiro atoms. The Labute approximate surface area is 178 Å². The zero-order valence-electron chi connectivity index (χ0n) is 17.6. The Bertz CT molecular complexity index is 1020. The number of anilines is 1. The number of nitrogens with zero attached hydrogens (tertiary/aromatic N) is 3. The zero-order chi connectivity index (χ0) is 21.3. The van der Waals surface area contributed by atoms with E-state index in [2.05, 4.69) is 11.0 Å². The summed E-state index contributed by atoms with van der Waals surface area (Å²) in [4.78, 5) is 17.0. The van der Waals surface area contributed by atoms with Gasteiger partial charge in [0.1, 0.15) is 10.7 Å². The minimum absolute atomic E-state index is 0.0615. The van der Waals surface area contributed by atoms with Gasteiger partial charge in [-0.2, -0.15) is 4.31 Å². The highest BCUT2D eigenvalue weighted by Gasteiger charge is 2.32. The molecule has 2 aliphatic rings. The second kappa shape index (κ2) is 8.43.